The first kappa shape index (κ1) is 38.5. The number of carbonyl (C=O) groups is 4. The van der Waals surface area contributed by atoms with Gasteiger partial charge in [0.2, 0.25) is 17.4 Å². The highest BCUT2D eigenvalue weighted by Crippen LogP contribution is 2.49. The molecule has 1 aromatic carbocycles. The average molecular weight is 787 g/mol. The van der Waals surface area contributed by atoms with Crippen LogP contribution in [0.15, 0.2) is 38.7 Å². The van der Waals surface area contributed by atoms with E-state index in [0.29, 0.717) is 23.1 Å². The molecular weight excluding hydrogens is 747 g/mol. The third-order valence-corrected chi connectivity index (χ3v) is 12.2. The van der Waals surface area contributed by atoms with E-state index < -0.39 is 57.6 Å². The minimum Gasteiger partial charge on any atom is -0.504 e. The van der Waals surface area contributed by atoms with E-state index >= 15 is 0 Å². The van der Waals surface area contributed by atoms with Crippen LogP contribution in [0.1, 0.15) is 45.7 Å². The van der Waals surface area contributed by atoms with E-state index in [2.05, 4.69) is 15.2 Å². The number of phenolic OH excluding ortho intramolecular Hbond substituents is 2. The molecule has 1 amide bonds. The van der Waals surface area contributed by atoms with Crippen molar-refractivity contribution in [3.63, 3.8) is 0 Å². The van der Waals surface area contributed by atoms with Crippen LogP contribution in [0.5, 0.6) is 17.4 Å². The zero-order valence-corrected chi connectivity index (χ0v) is 31.5. The summed E-state index contributed by atoms with van der Waals surface area (Å²) in [7, 11) is 1.45. The number of aliphatic carboxylic acids is 2. The van der Waals surface area contributed by atoms with Gasteiger partial charge in [0.1, 0.15) is 31.1 Å². The summed E-state index contributed by atoms with van der Waals surface area (Å²) in [4.78, 5) is 75.0. The molecule has 0 bridgehead atoms. The first-order valence-corrected chi connectivity index (χ1v) is 18.8. The van der Waals surface area contributed by atoms with Crippen LogP contribution < -0.4 is 16.0 Å². The number of hydrogen-bond acceptors (Lipinski definition) is 15. The molecule has 0 radical (unpaired) electrons. The number of oxime groups is 1. The Balaban J connectivity index is 1.21. The van der Waals surface area contributed by atoms with Crippen molar-refractivity contribution in [2.24, 2.45) is 18.1 Å². The van der Waals surface area contributed by atoms with Gasteiger partial charge >= 0.3 is 11.9 Å². The summed E-state index contributed by atoms with van der Waals surface area (Å²) in [6.45, 7) is 6.76. The van der Waals surface area contributed by atoms with E-state index in [4.69, 9.17) is 15.3 Å². The Kier molecular flexibility index (Phi) is 10.4. The number of β-lactam (4-membered cyclic amide) rings is 1. The van der Waals surface area contributed by atoms with Gasteiger partial charge < -0.3 is 40.2 Å². The van der Waals surface area contributed by atoms with Gasteiger partial charge in [-0.25, -0.2) is 19.3 Å². The number of ketones is 1. The summed E-state index contributed by atoms with van der Waals surface area (Å²) in [6.07, 6.45) is 1.43. The number of likely N-dealkylation sites (tertiary alicyclic amines) is 1. The Labute approximate surface area is 316 Å². The second-order valence-electron chi connectivity index (χ2n) is 14.1. The number of carboxylic acid groups (broad SMARTS) is 2. The third-order valence-electron chi connectivity index (χ3n) is 9.98. The summed E-state index contributed by atoms with van der Waals surface area (Å²) in [6, 6.07) is 2.38. The van der Waals surface area contributed by atoms with Crippen LogP contribution >= 0.6 is 23.1 Å². The Morgan fingerprint density at radius 3 is 2.39 bits per heavy atom. The van der Waals surface area contributed by atoms with Crippen molar-refractivity contribution < 1.29 is 53.7 Å². The van der Waals surface area contributed by atoms with Gasteiger partial charge in [-0.3, -0.25) is 19.3 Å². The van der Waals surface area contributed by atoms with Crippen LogP contribution in [0.2, 0.25) is 0 Å². The summed E-state index contributed by atoms with van der Waals surface area (Å²) in [5.41, 5.74) is 3.75. The zero-order chi connectivity index (χ0) is 39.3. The zero-order valence-electron chi connectivity index (χ0n) is 29.8. The number of quaternary nitrogens is 1. The molecule has 3 atom stereocenters. The highest BCUT2D eigenvalue weighted by atomic mass is 32.2. The Hall–Kier alpha value is -5.21. The molecule has 2 fully saturated rings. The van der Waals surface area contributed by atoms with Crippen molar-refractivity contribution in [1.82, 2.24) is 19.7 Å². The molecule has 288 valence electrons. The molecule has 20 heteroatoms. The van der Waals surface area contributed by atoms with Gasteiger partial charge in [0.15, 0.2) is 28.1 Å². The Bertz CT molecular complexity index is 2170. The largest absolute Gasteiger partial charge is 0.504 e. The fourth-order valence-corrected chi connectivity index (χ4v) is 8.98. The van der Waals surface area contributed by atoms with Crippen molar-refractivity contribution in [1.29, 1.82) is 0 Å². The molecule has 54 heavy (non-hydrogen) atoms. The van der Waals surface area contributed by atoms with Gasteiger partial charge in [-0.2, -0.15) is 0 Å². The van der Waals surface area contributed by atoms with E-state index in [1.54, 1.807) is 0 Å². The van der Waals surface area contributed by atoms with Gasteiger partial charge in [0, 0.05) is 42.5 Å². The summed E-state index contributed by atoms with van der Waals surface area (Å²) in [5.74, 6) is -5.44. The number of Topliss-reactive ketones (excluding diaryl/α,β-unsaturated/α-hetero) is 1. The Morgan fingerprint density at radius 1 is 1.11 bits per heavy atom. The lowest BCUT2D eigenvalue weighted by molar-refractivity contribution is -0.912. The van der Waals surface area contributed by atoms with Crippen LogP contribution in [0, 0.1) is 5.92 Å². The van der Waals surface area contributed by atoms with Gasteiger partial charge in [-0.15, -0.1) is 28.2 Å². The topological polar surface area (TPSA) is 257 Å². The lowest BCUT2D eigenvalue weighted by atomic mass is 9.88. The maximum Gasteiger partial charge on any atom is 0.352 e. The molecule has 18 nitrogen and oxygen atoms in total. The van der Waals surface area contributed by atoms with Gasteiger partial charge in [0.25, 0.3) is 5.56 Å². The van der Waals surface area contributed by atoms with E-state index in [1.165, 1.54) is 49.0 Å². The maximum atomic E-state index is 13.7. The first-order chi connectivity index (χ1) is 25.4. The number of thiazole rings is 1. The second-order valence-corrected chi connectivity index (χ2v) is 16.4. The van der Waals surface area contributed by atoms with Crippen molar-refractivity contribution in [2.75, 3.05) is 38.5 Å². The van der Waals surface area contributed by atoms with E-state index in [1.807, 2.05) is 6.92 Å². The molecule has 3 aliphatic heterocycles. The minimum atomic E-state index is -1.77. The normalized spacial score (nSPS) is 21.2. The second kappa shape index (κ2) is 14.6. The van der Waals surface area contributed by atoms with Gasteiger partial charge in [-0.05, 0) is 32.9 Å². The molecular formula is C34H40N7O11S2+. The Morgan fingerprint density at radius 2 is 1.78 bits per heavy atom. The molecule has 2 saturated heterocycles. The molecule has 0 unspecified atom stereocenters. The number of nitrogen functional groups attached to an aromatic ring is 1. The highest BCUT2D eigenvalue weighted by molar-refractivity contribution is 8.00. The molecule has 0 spiro atoms. The molecule has 0 saturated carbocycles. The molecule has 5 heterocycles. The number of carbonyl (C=O) groups excluding carboxylic acids is 2. The van der Waals surface area contributed by atoms with E-state index in [-0.39, 0.29) is 57.2 Å². The number of rotatable bonds is 14. The van der Waals surface area contributed by atoms with Gasteiger partial charge in [-0.1, -0.05) is 5.16 Å². The average Bonchev–Trinajstić information content (AvgIpc) is 3.76. The molecule has 6 rings (SSSR count). The first-order valence-electron chi connectivity index (χ1n) is 17.0. The van der Waals surface area contributed by atoms with Crippen molar-refractivity contribution in [3.8, 4) is 17.4 Å². The highest BCUT2D eigenvalue weighted by Gasteiger charge is 2.56. The summed E-state index contributed by atoms with van der Waals surface area (Å²) in [5, 5.41) is 49.0. The van der Waals surface area contributed by atoms with E-state index in [0.717, 1.165) is 48.0 Å². The number of phenols is 2. The fraction of sp³-hybridized carbons (Fsp3) is 0.471. The van der Waals surface area contributed by atoms with E-state index in [9.17, 15) is 44.4 Å². The summed E-state index contributed by atoms with van der Waals surface area (Å²) < 4.78 is 7.63. The van der Waals surface area contributed by atoms with Crippen molar-refractivity contribution >= 4 is 68.3 Å². The molecule has 3 aromatic rings. The van der Waals surface area contributed by atoms with Crippen LogP contribution in [-0.2, 0) is 31.1 Å². The quantitative estimate of drug-likeness (QED) is 0.0514. The number of anilines is 1. The fourth-order valence-electron chi connectivity index (χ4n) is 6.93. The predicted octanol–water partition coefficient (Wildman–Crippen LogP) is 1.87. The monoisotopic (exact) mass is 786 g/mol. The number of aromatic hydroxyl groups is 2. The third kappa shape index (κ3) is 7.19. The summed E-state index contributed by atoms with van der Waals surface area (Å²) >= 11 is 2.42. The predicted molar refractivity (Wildman–Crippen MR) is 196 cm³/mol. The number of amides is 1. The molecule has 6 N–H and O–H groups in total. The molecule has 2 aromatic heterocycles. The lowest BCUT2D eigenvalue weighted by Crippen LogP contribution is -2.63. The van der Waals surface area contributed by atoms with Crippen LogP contribution in [0.3, 0.4) is 0 Å². The number of hydrogen-bond donors (Lipinski definition) is 5. The number of aryl methyl sites for hydroxylation is 1. The smallest absolute Gasteiger partial charge is 0.352 e. The number of ether oxygens (including phenoxy) is 1. The van der Waals surface area contributed by atoms with Crippen molar-refractivity contribution in [3.05, 3.63) is 44.8 Å². The number of nitrogens with zero attached hydrogens (tertiary/aromatic N) is 6. The number of thioether (sulfide) groups is 1. The SMILES string of the molecule is C[C@@H]1S[C@@H]2[C@H](CC(=O)/C(=N\OC(C)(C)C(=O)O)c3csc(N)n3)C(=O)N2C(C(=O)O)=C1C[N+]1(CCOc2nn(C)c(=O)c3cc(O)c(O)cc23)CCCC1. The maximum absolute atomic E-state index is 13.7. The minimum absolute atomic E-state index is 0.0618. The number of nitrogens with two attached hydrogens (primary N) is 1. The number of fused-ring (bicyclic) bond motifs is 2. The molecule has 0 aliphatic carbocycles. The van der Waals surface area contributed by atoms with Crippen molar-refractivity contribution in [2.45, 2.75) is 56.3 Å². The molecule has 3 aliphatic rings. The number of benzene rings is 1. The van der Waals surface area contributed by atoms with Gasteiger partial charge in [0.05, 0.1) is 35.2 Å². The lowest BCUT2D eigenvalue weighted by Gasteiger charge is -2.51. The van der Waals surface area contributed by atoms with Crippen LogP contribution in [0.25, 0.3) is 10.8 Å². The standard InChI is InChI=1S/C34H39N7O11S2/c1-16-20(14-41(7-5-6-8-41)9-10-51-27-17-11-22(42)23(43)12-18(17)28(45)39(4)37-27)26(31(47)48)40-29(46)19(30(40)54-16)13-24(44)25(21-15-53-33(35)36-21)38-52-34(2,3)32(49)50/h11-12,15-16,19,30H,5-10,13-14H2,1-4H3,(H5-,35,36,37,38,42,43,44,45,47,48,49,50)/p+1/t16-,19+,30+/m0/s1. The number of aromatic nitrogens is 3. The van der Waals surface area contributed by atoms with Crippen LogP contribution in [-0.4, -0.2) is 123 Å². The number of carboxylic acids is 2. The van der Waals surface area contributed by atoms with Crippen LogP contribution in [0.4, 0.5) is 5.13 Å².